The van der Waals surface area contributed by atoms with Crippen molar-refractivity contribution in [1.29, 1.82) is 0 Å². The number of nitrogens with two attached hydrogens (primary N) is 1. The maximum Gasteiger partial charge on any atom is 0.112 e. The highest BCUT2D eigenvalue weighted by molar-refractivity contribution is 6.31. The summed E-state index contributed by atoms with van der Waals surface area (Å²) >= 11 is 5.91. The number of hydrogen-bond acceptors (Lipinski definition) is 2. The molecule has 2 rings (SSSR count). The second kappa shape index (κ2) is 4.11. The first-order chi connectivity index (χ1) is 7.20. The maximum absolute atomic E-state index is 5.91. The lowest BCUT2D eigenvalue weighted by atomic mass is 10.2. The van der Waals surface area contributed by atoms with Crippen molar-refractivity contribution >= 4 is 28.3 Å². The van der Waals surface area contributed by atoms with Crippen LogP contribution in [0.15, 0.2) is 12.1 Å². The lowest BCUT2D eigenvalue weighted by Gasteiger charge is -1.94. The predicted molar refractivity (Wildman–Crippen MR) is 64.1 cm³/mol. The number of H-pyrrole nitrogens is 1. The molecule has 0 saturated carbocycles. The number of nitrogen functional groups attached to an aromatic ring is 1. The molecule has 0 aliphatic rings. The van der Waals surface area contributed by atoms with Crippen LogP contribution in [0.5, 0.6) is 0 Å². The van der Waals surface area contributed by atoms with Crippen molar-refractivity contribution in [3.63, 3.8) is 0 Å². The molecule has 0 aliphatic heterocycles. The number of imidazole rings is 1. The van der Waals surface area contributed by atoms with Crippen LogP contribution < -0.4 is 5.73 Å². The van der Waals surface area contributed by atoms with Gasteiger partial charge in [-0.2, -0.15) is 0 Å². The van der Waals surface area contributed by atoms with E-state index in [0.717, 1.165) is 36.1 Å². The topological polar surface area (TPSA) is 54.7 Å². The summed E-state index contributed by atoms with van der Waals surface area (Å²) in [6, 6.07) is 3.59. The molecule has 0 bridgehead atoms. The fourth-order valence-corrected chi connectivity index (χ4v) is 1.85. The van der Waals surface area contributed by atoms with Crippen LogP contribution in [0.3, 0.4) is 0 Å². The monoisotopic (exact) mass is 223 g/mol. The van der Waals surface area contributed by atoms with Crippen molar-refractivity contribution < 1.29 is 0 Å². The summed E-state index contributed by atoms with van der Waals surface area (Å²) < 4.78 is 0. The zero-order valence-corrected chi connectivity index (χ0v) is 9.43. The van der Waals surface area contributed by atoms with Crippen LogP contribution in [-0.2, 0) is 6.42 Å². The Hall–Kier alpha value is -1.22. The fraction of sp³-hybridized carbons (Fsp3) is 0.364. The summed E-state index contributed by atoms with van der Waals surface area (Å²) in [6.07, 6.45) is 3.25. The zero-order valence-electron chi connectivity index (χ0n) is 8.68. The van der Waals surface area contributed by atoms with Crippen molar-refractivity contribution in [2.75, 3.05) is 5.73 Å². The second-order valence-electron chi connectivity index (χ2n) is 3.68. The molecule has 0 unspecified atom stereocenters. The van der Waals surface area contributed by atoms with Crippen molar-refractivity contribution in [2.24, 2.45) is 0 Å². The summed E-state index contributed by atoms with van der Waals surface area (Å²) in [7, 11) is 0. The molecule has 15 heavy (non-hydrogen) atoms. The minimum atomic E-state index is 0.636. The third kappa shape index (κ3) is 2.07. The van der Waals surface area contributed by atoms with E-state index < -0.39 is 0 Å². The van der Waals surface area contributed by atoms with Gasteiger partial charge in [0.2, 0.25) is 0 Å². The van der Waals surface area contributed by atoms with Gasteiger partial charge in [0.05, 0.1) is 11.2 Å². The van der Waals surface area contributed by atoms with Gasteiger partial charge in [0.25, 0.3) is 0 Å². The number of aryl methyl sites for hydroxylation is 1. The quantitative estimate of drug-likeness (QED) is 0.786. The third-order valence-corrected chi connectivity index (χ3v) is 2.62. The minimum Gasteiger partial charge on any atom is -0.397 e. The second-order valence-corrected chi connectivity index (χ2v) is 4.11. The van der Waals surface area contributed by atoms with E-state index in [9.17, 15) is 0 Å². The largest absolute Gasteiger partial charge is 0.397 e. The van der Waals surface area contributed by atoms with E-state index in [1.807, 2.05) is 6.07 Å². The third-order valence-electron chi connectivity index (χ3n) is 2.40. The number of fused-ring (bicyclic) bond motifs is 1. The fourth-order valence-electron chi connectivity index (χ4n) is 1.62. The van der Waals surface area contributed by atoms with Gasteiger partial charge in [-0.05, 0) is 18.6 Å². The number of aromatic nitrogens is 2. The van der Waals surface area contributed by atoms with Gasteiger partial charge >= 0.3 is 0 Å². The Balaban J connectivity index is 2.41. The van der Waals surface area contributed by atoms with Crippen LogP contribution in [0.25, 0.3) is 11.0 Å². The molecule has 4 heteroatoms. The van der Waals surface area contributed by atoms with E-state index in [2.05, 4.69) is 16.9 Å². The van der Waals surface area contributed by atoms with E-state index in [1.165, 1.54) is 0 Å². The molecule has 1 heterocycles. The number of unbranched alkanes of at least 4 members (excludes halogenated alkanes) is 1. The summed E-state index contributed by atoms with van der Waals surface area (Å²) in [5.41, 5.74) is 8.21. The molecule has 0 atom stereocenters. The number of halogens is 1. The molecule has 0 radical (unpaired) electrons. The van der Waals surface area contributed by atoms with Crippen LogP contribution in [0.2, 0.25) is 5.02 Å². The summed E-state index contributed by atoms with van der Waals surface area (Å²) in [5, 5.41) is 0.644. The number of anilines is 1. The number of hydrogen-bond donors (Lipinski definition) is 2. The molecule has 2 aromatic rings. The van der Waals surface area contributed by atoms with E-state index >= 15 is 0 Å². The molecule has 0 amide bonds. The van der Waals surface area contributed by atoms with Crippen LogP contribution in [0, 0.1) is 0 Å². The summed E-state index contributed by atoms with van der Waals surface area (Å²) in [5.74, 6) is 0.987. The van der Waals surface area contributed by atoms with Gasteiger partial charge in [-0.15, -0.1) is 0 Å². The first-order valence-corrected chi connectivity index (χ1v) is 5.52. The van der Waals surface area contributed by atoms with Crippen molar-refractivity contribution in [3.8, 4) is 0 Å². The number of nitrogens with one attached hydrogen (secondary N) is 1. The van der Waals surface area contributed by atoms with Crippen LogP contribution in [0.1, 0.15) is 25.6 Å². The lowest BCUT2D eigenvalue weighted by Crippen LogP contribution is -1.87. The molecule has 0 spiro atoms. The van der Waals surface area contributed by atoms with Gasteiger partial charge in [-0.25, -0.2) is 4.98 Å². The minimum absolute atomic E-state index is 0.636. The van der Waals surface area contributed by atoms with E-state index in [1.54, 1.807) is 6.07 Å². The highest BCUT2D eigenvalue weighted by Gasteiger charge is 2.06. The average Bonchev–Trinajstić information content (AvgIpc) is 2.57. The number of benzene rings is 1. The number of nitrogens with zero attached hydrogens (tertiary/aromatic N) is 1. The van der Waals surface area contributed by atoms with Gasteiger partial charge in [0, 0.05) is 11.4 Å². The Morgan fingerprint density at radius 1 is 1.47 bits per heavy atom. The Kier molecular flexibility index (Phi) is 2.82. The van der Waals surface area contributed by atoms with Crippen LogP contribution >= 0.6 is 11.6 Å². The van der Waals surface area contributed by atoms with Crippen molar-refractivity contribution in [2.45, 2.75) is 26.2 Å². The average molecular weight is 224 g/mol. The molecule has 1 aromatic carbocycles. The smallest absolute Gasteiger partial charge is 0.112 e. The van der Waals surface area contributed by atoms with Crippen molar-refractivity contribution in [3.05, 3.63) is 23.0 Å². The first-order valence-electron chi connectivity index (χ1n) is 5.14. The van der Waals surface area contributed by atoms with Gasteiger partial charge < -0.3 is 10.7 Å². The standard InChI is InChI=1S/C11H14ClN3/c1-2-3-4-10-14-9-6-7(12)5-8(13)11(9)15-10/h5-6H,2-4,13H2,1H3,(H,14,15). The van der Waals surface area contributed by atoms with Gasteiger partial charge in [0.1, 0.15) is 11.3 Å². The Morgan fingerprint density at radius 2 is 2.27 bits per heavy atom. The molecule has 0 fully saturated rings. The highest BCUT2D eigenvalue weighted by atomic mass is 35.5. The Labute approximate surface area is 93.6 Å². The predicted octanol–water partition coefficient (Wildman–Crippen LogP) is 3.14. The van der Waals surface area contributed by atoms with Gasteiger partial charge in [0.15, 0.2) is 0 Å². The van der Waals surface area contributed by atoms with Crippen molar-refractivity contribution in [1.82, 2.24) is 9.97 Å². The molecular formula is C11H14ClN3. The molecular weight excluding hydrogens is 210 g/mol. The molecule has 80 valence electrons. The number of rotatable bonds is 3. The molecule has 3 nitrogen and oxygen atoms in total. The van der Waals surface area contributed by atoms with Crippen LogP contribution in [0.4, 0.5) is 5.69 Å². The van der Waals surface area contributed by atoms with E-state index in [4.69, 9.17) is 17.3 Å². The summed E-state index contributed by atoms with van der Waals surface area (Å²) in [6.45, 7) is 2.16. The van der Waals surface area contributed by atoms with Gasteiger partial charge in [-0.3, -0.25) is 0 Å². The molecule has 0 aliphatic carbocycles. The SMILES string of the molecule is CCCCc1nc2c(N)cc(Cl)cc2[nH]1. The zero-order chi connectivity index (χ0) is 10.8. The first kappa shape index (κ1) is 10.3. The maximum atomic E-state index is 5.91. The van der Waals surface area contributed by atoms with E-state index in [0.29, 0.717) is 10.7 Å². The summed E-state index contributed by atoms with van der Waals surface area (Å²) in [4.78, 5) is 7.69. The molecule has 1 aromatic heterocycles. The molecule has 0 saturated heterocycles. The van der Waals surface area contributed by atoms with Gasteiger partial charge in [-0.1, -0.05) is 24.9 Å². The normalized spacial score (nSPS) is 11.1. The Morgan fingerprint density at radius 3 is 3.00 bits per heavy atom. The van der Waals surface area contributed by atoms with Crippen LogP contribution in [-0.4, -0.2) is 9.97 Å². The number of aromatic amines is 1. The van der Waals surface area contributed by atoms with E-state index in [-0.39, 0.29) is 0 Å². The highest BCUT2D eigenvalue weighted by Crippen LogP contribution is 2.24. The Bertz CT molecular complexity index is 476. The lowest BCUT2D eigenvalue weighted by molar-refractivity contribution is 0.765. The molecule has 3 N–H and O–H groups in total.